The molecular weight excluding hydrogens is 326 g/mol. The molecule has 0 saturated heterocycles. The molecule has 0 amide bonds. The zero-order valence-corrected chi connectivity index (χ0v) is 14.6. The van der Waals surface area contributed by atoms with Crippen molar-refractivity contribution < 1.29 is 9.47 Å². The molecule has 0 aliphatic heterocycles. The van der Waals surface area contributed by atoms with Gasteiger partial charge >= 0.3 is 0 Å². The van der Waals surface area contributed by atoms with Crippen molar-refractivity contribution in [1.82, 2.24) is 0 Å². The lowest BCUT2D eigenvalue weighted by Crippen LogP contribution is -2.27. The quantitative estimate of drug-likeness (QED) is 0.280. The summed E-state index contributed by atoms with van der Waals surface area (Å²) in [5.41, 5.74) is 11.1. The van der Waals surface area contributed by atoms with Gasteiger partial charge < -0.3 is 9.47 Å². The third-order valence-corrected chi connectivity index (χ3v) is 4.57. The summed E-state index contributed by atoms with van der Waals surface area (Å²) in [5, 5.41) is 3.91. The lowest BCUT2D eigenvalue weighted by atomic mass is 9.94. The summed E-state index contributed by atoms with van der Waals surface area (Å²) in [6.07, 6.45) is 4.05. The Hall–Kier alpha value is -2.59. The second-order valence-corrected chi connectivity index (χ2v) is 6.41. The van der Waals surface area contributed by atoms with Gasteiger partial charge in [-0.1, -0.05) is 77.9 Å². The lowest BCUT2D eigenvalue weighted by Gasteiger charge is -2.23. The molecule has 0 unspecified atom stereocenters. The van der Waals surface area contributed by atoms with E-state index in [1.165, 1.54) is 0 Å². The molecule has 0 aromatic heterocycles. The number of ether oxygens (including phenoxy) is 2. The van der Waals surface area contributed by atoms with Crippen molar-refractivity contribution in [2.45, 2.75) is 19.3 Å². The van der Waals surface area contributed by atoms with Gasteiger partial charge in [-0.3, -0.25) is 0 Å². The predicted molar refractivity (Wildman–Crippen MR) is 101 cm³/mol. The number of hydrogen-bond acceptors (Lipinski definition) is 3. The highest BCUT2D eigenvalue weighted by atomic mass is 16.5. The summed E-state index contributed by atoms with van der Waals surface area (Å²) in [4.78, 5) is 2.97. The Bertz CT molecular complexity index is 742. The Kier molecular flexibility index (Phi) is 6.85. The average Bonchev–Trinajstić information content (AvgIpc) is 3.06. The van der Waals surface area contributed by atoms with Crippen LogP contribution < -0.4 is 0 Å². The fourth-order valence-corrected chi connectivity index (χ4v) is 3.15. The van der Waals surface area contributed by atoms with Crippen LogP contribution in [0, 0.1) is 11.8 Å². The Morgan fingerprint density at radius 1 is 0.808 bits per heavy atom. The van der Waals surface area contributed by atoms with Gasteiger partial charge in [-0.25, -0.2) is 0 Å². The van der Waals surface area contributed by atoms with Gasteiger partial charge in [-0.05, 0) is 16.7 Å². The topological polar surface area (TPSA) is 67.2 Å². The highest BCUT2D eigenvalue weighted by Gasteiger charge is 2.31. The van der Waals surface area contributed by atoms with E-state index in [-0.39, 0.29) is 17.9 Å². The monoisotopic (exact) mass is 349 g/mol. The first-order chi connectivity index (χ1) is 12.9. The van der Waals surface area contributed by atoms with E-state index in [2.05, 4.69) is 16.1 Å². The Morgan fingerprint density at radius 3 is 1.96 bits per heavy atom. The Labute approximate surface area is 153 Å². The largest absolute Gasteiger partial charge is 0.376 e. The van der Waals surface area contributed by atoms with Crippen LogP contribution in [0.15, 0.2) is 77.9 Å². The third-order valence-electron chi connectivity index (χ3n) is 4.57. The van der Waals surface area contributed by atoms with Gasteiger partial charge in [0.15, 0.2) is 0 Å². The molecule has 1 aliphatic rings. The van der Waals surface area contributed by atoms with Crippen molar-refractivity contribution in [3.8, 4) is 0 Å². The van der Waals surface area contributed by atoms with E-state index in [9.17, 15) is 0 Å². The van der Waals surface area contributed by atoms with Crippen molar-refractivity contribution in [2.24, 2.45) is 17.0 Å². The summed E-state index contributed by atoms with van der Waals surface area (Å²) < 4.78 is 11.8. The van der Waals surface area contributed by atoms with Crippen LogP contribution in [0.3, 0.4) is 0 Å². The van der Waals surface area contributed by atoms with Gasteiger partial charge in [0.1, 0.15) is 0 Å². The summed E-state index contributed by atoms with van der Waals surface area (Å²) in [5.74, 6) is 0.287. The van der Waals surface area contributed by atoms with Crippen LogP contribution in [0.5, 0.6) is 0 Å². The molecule has 5 heteroatoms. The molecule has 3 rings (SSSR count). The molecule has 0 fully saturated rings. The van der Waals surface area contributed by atoms with E-state index in [1.54, 1.807) is 0 Å². The van der Waals surface area contributed by atoms with Gasteiger partial charge in [0, 0.05) is 16.7 Å². The van der Waals surface area contributed by atoms with Crippen molar-refractivity contribution in [2.75, 3.05) is 13.2 Å². The molecule has 0 bridgehead atoms. The van der Waals surface area contributed by atoms with Gasteiger partial charge in [0.2, 0.25) is 0 Å². The molecule has 134 valence electrons. The molecule has 5 nitrogen and oxygen atoms in total. The number of azide groups is 1. The van der Waals surface area contributed by atoms with E-state index >= 15 is 0 Å². The number of rotatable bonds is 9. The Balaban J connectivity index is 1.51. The minimum absolute atomic E-state index is 0.102. The molecular formula is C21H23N3O2. The zero-order valence-electron chi connectivity index (χ0n) is 14.6. The van der Waals surface area contributed by atoms with Crippen LogP contribution in [0.25, 0.3) is 10.4 Å². The molecule has 0 heterocycles. The normalized spacial score (nSPS) is 21.5. The van der Waals surface area contributed by atoms with Crippen molar-refractivity contribution in [1.29, 1.82) is 0 Å². The third kappa shape index (κ3) is 5.20. The number of nitrogens with zero attached hydrogens (tertiary/aromatic N) is 3. The molecule has 26 heavy (non-hydrogen) atoms. The highest BCUT2D eigenvalue weighted by Crippen LogP contribution is 2.29. The van der Waals surface area contributed by atoms with Crippen LogP contribution in [0.4, 0.5) is 0 Å². The van der Waals surface area contributed by atoms with Gasteiger partial charge in [0.05, 0.1) is 32.5 Å². The number of hydrogen-bond donors (Lipinski definition) is 0. The minimum atomic E-state index is -0.180. The van der Waals surface area contributed by atoms with Gasteiger partial charge in [0.25, 0.3) is 0 Å². The fourth-order valence-electron chi connectivity index (χ4n) is 3.15. The smallest absolute Gasteiger partial charge is 0.0717 e. The predicted octanol–water partition coefficient (Wildman–Crippen LogP) is 4.90. The van der Waals surface area contributed by atoms with E-state index in [0.29, 0.717) is 26.4 Å². The maximum atomic E-state index is 8.81. The SMILES string of the molecule is [N-]=[N+]=N[C@@H]1C=C[C@H](COCc2ccccc2)[C@H]1COCc1ccccc1. The second kappa shape index (κ2) is 9.78. The first kappa shape index (κ1) is 18.2. The maximum Gasteiger partial charge on any atom is 0.0717 e. The molecule has 0 radical (unpaired) electrons. The van der Waals surface area contributed by atoms with Crippen LogP contribution in [-0.4, -0.2) is 19.3 Å². The molecule has 2 aromatic carbocycles. The second-order valence-electron chi connectivity index (χ2n) is 6.41. The summed E-state index contributed by atoms with van der Waals surface area (Å²) >= 11 is 0. The molecule has 1 aliphatic carbocycles. The highest BCUT2D eigenvalue weighted by molar-refractivity contribution is 5.15. The van der Waals surface area contributed by atoms with Crippen molar-refractivity contribution in [3.63, 3.8) is 0 Å². The molecule has 3 atom stereocenters. The van der Waals surface area contributed by atoms with E-state index in [4.69, 9.17) is 15.0 Å². The number of benzene rings is 2. The summed E-state index contributed by atoms with van der Waals surface area (Å²) in [7, 11) is 0. The van der Waals surface area contributed by atoms with E-state index < -0.39 is 0 Å². The van der Waals surface area contributed by atoms with Crippen LogP contribution in [-0.2, 0) is 22.7 Å². The molecule has 0 saturated carbocycles. The molecule has 2 aromatic rings. The van der Waals surface area contributed by atoms with Crippen molar-refractivity contribution >= 4 is 0 Å². The van der Waals surface area contributed by atoms with Gasteiger partial charge in [-0.15, -0.1) is 0 Å². The average molecular weight is 349 g/mol. The first-order valence-electron chi connectivity index (χ1n) is 8.82. The molecule has 0 spiro atoms. The van der Waals surface area contributed by atoms with Crippen molar-refractivity contribution in [3.05, 3.63) is 94.4 Å². The zero-order chi connectivity index (χ0) is 18.0. The van der Waals surface area contributed by atoms with Crippen LogP contribution in [0.1, 0.15) is 11.1 Å². The fraction of sp³-hybridized carbons (Fsp3) is 0.333. The summed E-state index contributed by atoms with van der Waals surface area (Å²) in [6.45, 7) is 2.25. The lowest BCUT2D eigenvalue weighted by molar-refractivity contribution is 0.0371. The van der Waals surface area contributed by atoms with Crippen LogP contribution >= 0.6 is 0 Å². The standard InChI is InChI=1S/C21H23N3O2/c22-24-23-21-12-11-19(15-25-13-17-7-3-1-4-8-17)20(21)16-26-14-18-9-5-2-6-10-18/h1-12,19-21H,13-16H2/t19-,20-,21-/m1/s1. The molecule has 0 N–H and O–H groups in total. The Morgan fingerprint density at radius 2 is 1.38 bits per heavy atom. The van der Waals surface area contributed by atoms with E-state index in [1.807, 2.05) is 66.7 Å². The minimum Gasteiger partial charge on any atom is -0.376 e. The summed E-state index contributed by atoms with van der Waals surface area (Å²) in [6, 6.07) is 20.0. The maximum absolute atomic E-state index is 8.81. The van der Waals surface area contributed by atoms with E-state index in [0.717, 1.165) is 11.1 Å². The van der Waals surface area contributed by atoms with Gasteiger partial charge in [-0.2, -0.15) is 0 Å². The van der Waals surface area contributed by atoms with Crippen LogP contribution in [0.2, 0.25) is 0 Å². The first-order valence-corrected chi connectivity index (χ1v) is 8.82.